The zero-order valence-corrected chi connectivity index (χ0v) is 12.4. The van der Waals surface area contributed by atoms with Gasteiger partial charge < -0.3 is 10.5 Å². The topological polar surface area (TPSA) is 61.0 Å². The fourth-order valence-corrected chi connectivity index (χ4v) is 2.35. The first-order valence-corrected chi connectivity index (χ1v) is 7.19. The van der Waals surface area contributed by atoms with Gasteiger partial charge in [-0.1, -0.05) is 11.6 Å². The molecule has 2 N–H and O–H groups in total. The van der Waals surface area contributed by atoms with Crippen LogP contribution in [-0.2, 0) is 5.54 Å². The highest BCUT2D eigenvalue weighted by Crippen LogP contribution is 2.34. The lowest BCUT2D eigenvalue weighted by Crippen LogP contribution is -2.29. The van der Waals surface area contributed by atoms with E-state index < -0.39 is 5.54 Å². The van der Waals surface area contributed by atoms with E-state index in [1.165, 1.54) is 12.8 Å². The Balaban J connectivity index is 2.09. The monoisotopic (exact) mass is 291 g/mol. The molecule has 1 fully saturated rings. The quantitative estimate of drug-likeness (QED) is 0.878. The maximum Gasteiger partial charge on any atom is 0.222 e. The van der Waals surface area contributed by atoms with Crippen LogP contribution in [0.25, 0.3) is 10.8 Å². The van der Waals surface area contributed by atoms with E-state index in [0.29, 0.717) is 17.0 Å². The summed E-state index contributed by atoms with van der Waals surface area (Å²) in [6, 6.07) is 1.83. The molecule has 0 aliphatic heterocycles. The van der Waals surface area contributed by atoms with Crippen molar-refractivity contribution in [2.75, 3.05) is 6.61 Å². The lowest BCUT2D eigenvalue weighted by Gasteiger charge is -2.21. The molecule has 106 valence electrons. The molecule has 5 heteroatoms. The third kappa shape index (κ3) is 2.72. The molecule has 0 unspecified atom stereocenters. The first kappa shape index (κ1) is 13.6. The second kappa shape index (κ2) is 4.86. The number of nitrogens with zero attached hydrogens (tertiary/aromatic N) is 2. The number of hydrogen-bond acceptors (Lipinski definition) is 4. The van der Waals surface area contributed by atoms with Crippen molar-refractivity contribution in [3.05, 3.63) is 29.2 Å². The highest BCUT2D eigenvalue weighted by atomic mass is 35.5. The fraction of sp³-hybridized carbons (Fsp3) is 0.467. The smallest absolute Gasteiger partial charge is 0.222 e. The van der Waals surface area contributed by atoms with E-state index in [9.17, 15) is 0 Å². The summed E-state index contributed by atoms with van der Waals surface area (Å²) in [4.78, 5) is 8.56. The minimum Gasteiger partial charge on any atom is -0.477 e. The van der Waals surface area contributed by atoms with Gasteiger partial charge in [0.05, 0.1) is 12.0 Å². The summed E-state index contributed by atoms with van der Waals surface area (Å²) >= 11 is 6.02. The van der Waals surface area contributed by atoms with Crippen molar-refractivity contribution in [2.45, 2.75) is 32.2 Å². The molecule has 0 saturated heterocycles. The molecule has 0 aromatic carbocycles. The van der Waals surface area contributed by atoms with Crippen molar-refractivity contribution in [3.8, 4) is 5.88 Å². The summed E-state index contributed by atoms with van der Waals surface area (Å²) in [7, 11) is 0. The first-order chi connectivity index (χ1) is 9.45. The van der Waals surface area contributed by atoms with Gasteiger partial charge in [0.2, 0.25) is 5.88 Å². The molecule has 1 aliphatic carbocycles. The minimum atomic E-state index is -0.495. The van der Waals surface area contributed by atoms with E-state index in [-0.39, 0.29) is 0 Å². The molecule has 1 saturated carbocycles. The second-order valence-electron chi connectivity index (χ2n) is 6.01. The lowest BCUT2D eigenvalue weighted by molar-refractivity contribution is 0.292. The zero-order chi connectivity index (χ0) is 14.3. The van der Waals surface area contributed by atoms with Gasteiger partial charge in [0.25, 0.3) is 0 Å². The molecule has 2 heterocycles. The van der Waals surface area contributed by atoms with Gasteiger partial charge in [-0.3, -0.25) is 0 Å². The molecule has 20 heavy (non-hydrogen) atoms. The van der Waals surface area contributed by atoms with Gasteiger partial charge in [-0.15, -0.1) is 0 Å². The third-order valence-electron chi connectivity index (χ3n) is 3.55. The van der Waals surface area contributed by atoms with Crippen molar-refractivity contribution in [1.29, 1.82) is 0 Å². The van der Waals surface area contributed by atoms with Crippen LogP contribution in [0, 0.1) is 5.92 Å². The van der Waals surface area contributed by atoms with Crippen LogP contribution >= 0.6 is 11.6 Å². The van der Waals surface area contributed by atoms with E-state index in [4.69, 9.17) is 22.1 Å². The first-order valence-electron chi connectivity index (χ1n) is 6.81. The normalized spacial score (nSPS) is 15.6. The third-order valence-corrected chi connectivity index (χ3v) is 3.76. The van der Waals surface area contributed by atoms with Gasteiger partial charge in [-0.05, 0) is 49.6 Å². The Bertz CT molecular complexity index is 647. The predicted molar refractivity (Wildman–Crippen MR) is 80.0 cm³/mol. The Morgan fingerprint density at radius 3 is 2.70 bits per heavy atom. The predicted octanol–water partition coefficient (Wildman–Crippen LogP) is 3.27. The highest BCUT2D eigenvalue weighted by molar-refractivity contribution is 6.30. The summed E-state index contributed by atoms with van der Waals surface area (Å²) in [6.45, 7) is 4.61. The summed E-state index contributed by atoms with van der Waals surface area (Å²) in [5, 5.41) is 2.27. The summed E-state index contributed by atoms with van der Waals surface area (Å²) in [5.41, 5.74) is 6.66. The van der Waals surface area contributed by atoms with Gasteiger partial charge in [0.15, 0.2) is 0 Å². The Hall–Kier alpha value is -1.39. The van der Waals surface area contributed by atoms with Crippen LogP contribution in [-0.4, -0.2) is 16.6 Å². The molecule has 2 aromatic rings. The average molecular weight is 292 g/mol. The average Bonchev–Trinajstić information content (AvgIpc) is 3.18. The van der Waals surface area contributed by atoms with Crippen LogP contribution in [0.2, 0.25) is 5.15 Å². The van der Waals surface area contributed by atoms with Gasteiger partial charge in [0, 0.05) is 17.9 Å². The van der Waals surface area contributed by atoms with Crippen molar-refractivity contribution < 1.29 is 4.74 Å². The maximum absolute atomic E-state index is 6.21. The van der Waals surface area contributed by atoms with Crippen LogP contribution < -0.4 is 10.5 Å². The number of aromatic nitrogens is 2. The van der Waals surface area contributed by atoms with Gasteiger partial charge >= 0.3 is 0 Å². The van der Waals surface area contributed by atoms with Crippen LogP contribution in [0.4, 0.5) is 0 Å². The van der Waals surface area contributed by atoms with Crippen molar-refractivity contribution in [3.63, 3.8) is 0 Å². The van der Waals surface area contributed by atoms with Crippen LogP contribution in [0.15, 0.2) is 18.5 Å². The number of halogens is 1. The molecule has 0 spiro atoms. The van der Waals surface area contributed by atoms with Crippen molar-refractivity contribution in [2.24, 2.45) is 11.7 Å². The molecular weight excluding hydrogens is 274 g/mol. The number of nitrogens with two attached hydrogens (primary N) is 1. The van der Waals surface area contributed by atoms with Crippen LogP contribution in [0.1, 0.15) is 32.3 Å². The number of fused-ring (bicyclic) bond motifs is 1. The Kier molecular flexibility index (Phi) is 3.30. The van der Waals surface area contributed by atoms with E-state index in [0.717, 1.165) is 22.9 Å². The molecule has 4 nitrogen and oxygen atoms in total. The van der Waals surface area contributed by atoms with Gasteiger partial charge in [-0.2, -0.15) is 0 Å². The molecule has 1 aliphatic rings. The number of hydrogen-bond donors (Lipinski definition) is 1. The maximum atomic E-state index is 6.21. The molecule has 0 amide bonds. The zero-order valence-electron chi connectivity index (χ0n) is 11.7. The second-order valence-corrected chi connectivity index (χ2v) is 6.39. The van der Waals surface area contributed by atoms with E-state index in [2.05, 4.69) is 9.97 Å². The Labute approximate surface area is 123 Å². The SMILES string of the molecule is CC(C)(N)c1cnc(OCC2CC2)c2cnc(Cl)cc12. The molecule has 0 radical (unpaired) electrons. The Morgan fingerprint density at radius 2 is 2.05 bits per heavy atom. The molecule has 0 atom stereocenters. The van der Waals surface area contributed by atoms with Gasteiger partial charge in [0.1, 0.15) is 5.15 Å². The van der Waals surface area contributed by atoms with Crippen LogP contribution in [0.5, 0.6) is 5.88 Å². The van der Waals surface area contributed by atoms with E-state index >= 15 is 0 Å². The summed E-state index contributed by atoms with van der Waals surface area (Å²) in [5.74, 6) is 1.29. The molecule has 2 aromatic heterocycles. The summed E-state index contributed by atoms with van der Waals surface area (Å²) < 4.78 is 5.82. The summed E-state index contributed by atoms with van der Waals surface area (Å²) in [6.07, 6.45) is 5.98. The van der Waals surface area contributed by atoms with Crippen molar-refractivity contribution >= 4 is 22.4 Å². The van der Waals surface area contributed by atoms with E-state index in [1.54, 1.807) is 12.4 Å². The lowest BCUT2D eigenvalue weighted by atomic mass is 9.93. The Morgan fingerprint density at radius 1 is 1.30 bits per heavy atom. The number of pyridine rings is 2. The number of ether oxygens (including phenoxy) is 1. The van der Waals surface area contributed by atoms with Crippen LogP contribution in [0.3, 0.4) is 0 Å². The van der Waals surface area contributed by atoms with Gasteiger partial charge in [-0.25, -0.2) is 9.97 Å². The fourth-order valence-electron chi connectivity index (χ4n) is 2.20. The van der Waals surface area contributed by atoms with Crippen molar-refractivity contribution in [1.82, 2.24) is 9.97 Å². The van der Waals surface area contributed by atoms with E-state index in [1.807, 2.05) is 19.9 Å². The molecular formula is C15H18ClN3O. The molecule has 0 bridgehead atoms. The standard InChI is InChI=1S/C15H18ClN3O/c1-15(2,17)12-7-19-14(20-8-9-3-4-9)11-6-18-13(16)5-10(11)12/h5-7,9H,3-4,8,17H2,1-2H3. The molecule has 3 rings (SSSR count). The number of rotatable bonds is 4. The minimum absolute atomic E-state index is 0.447. The largest absolute Gasteiger partial charge is 0.477 e. The highest BCUT2D eigenvalue weighted by Gasteiger charge is 2.24.